The number of hydrogen-bond acceptors (Lipinski definition) is 3. The lowest BCUT2D eigenvalue weighted by atomic mass is 9.98. The van der Waals surface area contributed by atoms with Gasteiger partial charge in [-0.15, -0.1) is 0 Å². The monoisotopic (exact) mass is 372 g/mol. The third-order valence-corrected chi connectivity index (χ3v) is 5.34. The largest absolute Gasteiger partial charge is 0.455 e. The van der Waals surface area contributed by atoms with Crippen molar-refractivity contribution < 1.29 is 4.42 Å². The zero-order valence-corrected chi connectivity index (χ0v) is 15.5. The van der Waals surface area contributed by atoms with Crippen molar-refractivity contribution in [3.63, 3.8) is 0 Å². The highest BCUT2D eigenvalue weighted by molar-refractivity contribution is 6.18. The van der Waals surface area contributed by atoms with E-state index >= 15 is 0 Å². The molecular weight excluding hydrogens is 356 g/mol. The number of para-hydroxylation sites is 1. The molecule has 6 aromatic rings. The third-order valence-electron chi connectivity index (χ3n) is 5.34. The van der Waals surface area contributed by atoms with E-state index in [9.17, 15) is 0 Å². The zero-order chi connectivity index (χ0) is 19.2. The molecule has 0 fully saturated rings. The van der Waals surface area contributed by atoms with Gasteiger partial charge in [0.15, 0.2) is 0 Å². The summed E-state index contributed by atoms with van der Waals surface area (Å²) < 4.78 is 6.22. The summed E-state index contributed by atoms with van der Waals surface area (Å²) in [5, 5.41) is 4.46. The van der Waals surface area contributed by atoms with Crippen LogP contribution in [0, 0.1) is 0 Å². The number of benzene rings is 3. The molecule has 3 heteroatoms. The maximum atomic E-state index is 6.22. The van der Waals surface area contributed by atoms with Crippen LogP contribution in [0.15, 0.2) is 102 Å². The number of pyridine rings is 2. The van der Waals surface area contributed by atoms with E-state index in [2.05, 4.69) is 47.4 Å². The second-order valence-corrected chi connectivity index (χ2v) is 7.07. The lowest BCUT2D eigenvalue weighted by Gasteiger charge is -2.09. The van der Waals surface area contributed by atoms with Gasteiger partial charge in [-0.1, -0.05) is 54.6 Å². The van der Waals surface area contributed by atoms with Crippen molar-refractivity contribution in [2.75, 3.05) is 0 Å². The molecule has 0 saturated heterocycles. The average Bonchev–Trinajstić information content (AvgIpc) is 3.18. The van der Waals surface area contributed by atoms with Crippen molar-refractivity contribution in [2.45, 2.75) is 0 Å². The smallest absolute Gasteiger partial charge is 0.143 e. The standard InChI is InChI=1S/C26H16N2O/c1-2-10-19-17(8-1)20(16-21-18-9-3-4-14-25(18)29-26(19)21)22-12-7-13-24(28-22)23-11-5-6-15-27-23/h1-16H. The van der Waals surface area contributed by atoms with Crippen LogP contribution in [0.2, 0.25) is 0 Å². The van der Waals surface area contributed by atoms with E-state index in [-0.39, 0.29) is 0 Å². The van der Waals surface area contributed by atoms with Gasteiger partial charge in [0, 0.05) is 27.9 Å². The van der Waals surface area contributed by atoms with Crippen LogP contribution in [-0.4, -0.2) is 9.97 Å². The van der Waals surface area contributed by atoms with Crippen molar-refractivity contribution in [1.82, 2.24) is 9.97 Å². The highest BCUT2D eigenvalue weighted by Gasteiger charge is 2.15. The second kappa shape index (κ2) is 6.28. The predicted octanol–water partition coefficient (Wildman–Crippen LogP) is 6.86. The molecule has 0 aliphatic carbocycles. The number of fused-ring (bicyclic) bond motifs is 5. The van der Waals surface area contributed by atoms with Gasteiger partial charge in [0.2, 0.25) is 0 Å². The van der Waals surface area contributed by atoms with E-state index in [1.165, 1.54) is 0 Å². The molecular formula is C26H16N2O. The van der Waals surface area contributed by atoms with Crippen molar-refractivity contribution in [3.05, 3.63) is 97.2 Å². The summed E-state index contributed by atoms with van der Waals surface area (Å²) in [6.45, 7) is 0. The molecule has 0 radical (unpaired) electrons. The molecule has 0 aliphatic heterocycles. The number of hydrogen-bond donors (Lipinski definition) is 0. The first-order valence-electron chi connectivity index (χ1n) is 9.60. The summed E-state index contributed by atoms with van der Waals surface area (Å²) >= 11 is 0. The molecule has 3 aromatic carbocycles. The molecule has 3 aromatic heterocycles. The van der Waals surface area contributed by atoms with Crippen molar-refractivity contribution in [1.29, 1.82) is 0 Å². The fourth-order valence-electron chi connectivity index (χ4n) is 4.00. The first-order valence-corrected chi connectivity index (χ1v) is 9.60. The highest BCUT2D eigenvalue weighted by Crippen LogP contribution is 2.39. The minimum absolute atomic E-state index is 0.865. The lowest BCUT2D eigenvalue weighted by Crippen LogP contribution is -1.91. The van der Waals surface area contributed by atoms with Crippen LogP contribution in [0.4, 0.5) is 0 Å². The van der Waals surface area contributed by atoms with Gasteiger partial charge in [0.1, 0.15) is 11.2 Å². The van der Waals surface area contributed by atoms with Crippen LogP contribution in [0.3, 0.4) is 0 Å². The third kappa shape index (κ3) is 2.52. The molecule has 136 valence electrons. The Bertz CT molecular complexity index is 1500. The second-order valence-electron chi connectivity index (χ2n) is 7.07. The van der Waals surface area contributed by atoms with Crippen LogP contribution in [0.5, 0.6) is 0 Å². The van der Waals surface area contributed by atoms with Gasteiger partial charge in [0.05, 0.1) is 17.1 Å². The maximum absolute atomic E-state index is 6.22. The number of rotatable bonds is 2. The van der Waals surface area contributed by atoms with Crippen LogP contribution in [-0.2, 0) is 0 Å². The molecule has 0 N–H and O–H groups in total. The Morgan fingerprint density at radius 2 is 1.28 bits per heavy atom. The Labute approximate surface area is 167 Å². The SMILES string of the molecule is c1ccc(-c2cccc(-c3cc4c5ccccc5oc4c4ccccc34)n2)nc1. The number of aromatic nitrogens is 2. The van der Waals surface area contributed by atoms with E-state index in [1.54, 1.807) is 6.20 Å². The van der Waals surface area contributed by atoms with Gasteiger partial charge >= 0.3 is 0 Å². The van der Waals surface area contributed by atoms with Crippen molar-refractivity contribution in [2.24, 2.45) is 0 Å². The Kier molecular flexibility index (Phi) is 3.47. The van der Waals surface area contributed by atoms with E-state index in [0.29, 0.717) is 0 Å². The van der Waals surface area contributed by atoms with Crippen LogP contribution in [0.25, 0.3) is 55.4 Å². The molecule has 0 bridgehead atoms. The lowest BCUT2D eigenvalue weighted by molar-refractivity contribution is 0.672. The maximum Gasteiger partial charge on any atom is 0.143 e. The van der Waals surface area contributed by atoms with Gasteiger partial charge in [-0.25, -0.2) is 4.98 Å². The highest BCUT2D eigenvalue weighted by atomic mass is 16.3. The fraction of sp³-hybridized carbons (Fsp3) is 0. The first kappa shape index (κ1) is 16.0. The van der Waals surface area contributed by atoms with Crippen LogP contribution >= 0.6 is 0 Å². The summed E-state index contributed by atoms with van der Waals surface area (Å²) in [7, 11) is 0. The predicted molar refractivity (Wildman–Crippen MR) is 118 cm³/mol. The summed E-state index contributed by atoms with van der Waals surface area (Å²) in [6.07, 6.45) is 1.79. The Hall–Kier alpha value is -3.98. The van der Waals surface area contributed by atoms with E-state index in [4.69, 9.17) is 9.40 Å². The molecule has 29 heavy (non-hydrogen) atoms. The molecule has 0 spiro atoms. The normalized spacial score (nSPS) is 11.4. The minimum Gasteiger partial charge on any atom is -0.455 e. The van der Waals surface area contributed by atoms with Gasteiger partial charge in [-0.3, -0.25) is 4.98 Å². The van der Waals surface area contributed by atoms with Crippen molar-refractivity contribution in [3.8, 4) is 22.6 Å². The molecule has 0 amide bonds. The topological polar surface area (TPSA) is 38.9 Å². The van der Waals surface area contributed by atoms with E-state index in [1.807, 2.05) is 48.5 Å². The first-order chi connectivity index (χ1) is 14.4. The number of furan rings is 1. The fourth-order valence-corrected chi connectivity index (χ4v) is 4.00. The van der Waals surface area contributed by atoms with Gasteiger partial charge < -0.3 is 4.42 Å². The van der Waals surface area contributed by atoms with Crippen molar-refractivity contribution >= 4 is 32.7 Å². The molecule has 0 saturated carbocycles. The van der Waals surface area contributed by atoms with E-state index in [0.717, 1.165) is 55.4 Å². The van der Waals surface area contributed by atoms with Gasteiger partial charge in [0.25, 0.3) is 0 Å². The van der Waals surface area contributed by atoms with Gasteiger partial charge in [-0.2, -0.15) is 0 Å². The summed E-state index contributed by atoms with van der Waals surface area (Å²) in [5.41, 5.74) is 5.58. The molecule has 0 aliphatic rings. The summed E-state index contributed by atoms with van der Waals surface area (Å²) in [4.78, 5) is 9.39. The quantitative estimate of drug-likeness (QED) is 0.333. The Morgan fingerprint density at radius 3 is 2.14 bits per heavy atom. The molecule has 3 heterocycles. The van der Waals surface area contributed by atoms with Crippen LogP contribution < -0.4 is 0 Å². The Balaban J connectivity index is 1.68. The molecule has 3 nitrogen and oxygen atoms in total. The molecule has 0 atom stereocenters. The number of nitrogens with zero attached hydrogens (tertiary/aromatic N) is 2. The molecule has 6 rings (SSSR count). The average molecular weight is 372 g/mol. The minimum atomic E-state index is 0.865. The zero-order valence-electron chi connectivity index (χ0n) is 15.5. The Morgan fingerprint density at radius 1 is 0.552 bits per heavy atom. The summed E-state index contributed by atoms with van der Waals surface area (Å²) in [6, 6.07) is 30.7. The van der Waals surface area contributed by atoms with Gasteiger partial charge in [-0.05, 0) is 41.8 Å². The molecule has 0 unspecified atom stereocenters. The summed E-state index contributed by atoms with van der Waals surface area (Å²) in [5.74, 6) is 0. The van der Waals surface area contributed by atoms with Crippen LogP contribution in [0.1, 0.15) is 0 Å². The van der Waals surface area contributed by atoms with E-state index < -0.39 is 0 Å².